The Morgan fingerprint density at radius 1 is 1.19 bits per heavy atom. The maximum Gasteiger partial charge on any atom is 0.126 e. The van der Waals surface area contributed by atoms with Crippen LogP contribution in [0.5, 0.6) is 0 Å². The van der Waals surface area contributed by atoms with Crippen molar-refractivity contribution < 1.29 is 5.11 Å². The van der Waals surface area contributed by atoms with Crippen molar-refractivity contribution in [2.24, 2.45) is 0 Å². The van der Waals surface area contributed by atoms with E-state index < -0.39 is 0 Å². The van der Waals surface area contributed by atoms with Gasteiger partial charge in [-0.25, -0.2) is 4.98 Å². The van der Waals surface area contributed by atoms with Gasteiger partial charge in [-0.1, -0.05) is 63.5 Å². The van der Waals surface area contributed by atoms with Gasteiger partial charge in [-0.2, -0.15) is 0 Å². The molecule has 0 radical (unpaired) electrons. The number of unbranched alkanes of at least 4 members (excludes halogenated alkanes) is 1. The molecule has 0 amide bonds. The highest BCUT2D eigenvalue weighted by Crippen LogP contribution is 2.21. The molecule has 5 nitrogen and oxygen atoms in total. The first-order valence-corrected chi connectivity index (χ1v) is 13.9. The second kappa shape index (κ2) is 16.6. The summed E-state index contributed by atoms with van der Waals surface area (Å²) in [5, 5.41) is 13.7. The Morgan fingerprint density at radius 2 is 2.00 bits per heavy atom. The second-order valence-corrected chi connectivity index (χ2v) is 9.74. The summed E-state index contributed by atoms with van der Waals surface area (Å²) in [5.74, 6) is 0.811. The maximum atomic E-state index is 10.3. The molecule has 1 aromatic rings. The highest BCUT2D eigenvalue weighted by molar-refractivity contribution is 5.50. The van der Waals surface area contributed by atoms with Crippen LogP contribution in [0.3, 0.4) is 0 Å². The minimum atomic E-state index is -0.241. The third-order valence-electron chi connectivity index (χ3n) is 6.65. The summed E-state index contributed by atoms with van der Waals surface area (Å²) in [7, 11) is 0. The van der Waals surface area contributed by atoms with Crippen molar-refractivity contribution in [3.05, 3.63) is 95.6 Å². The number of nitrogens with zero attached hydrogens (tertiary/aromatic N) is 2. The Balaban J connectivity index is 1.88. The van der Waals surface area contributed by atoms with Gasteiger partial charge in [-0.05, 0) is 100 Å². The zero-order valence-corrected chi connectivity index (χ0v) is 23.3. The van der Waals surface area contributed by atoms with Crippen LogP contribution in [0.4, 0.5) is 5.82 Å². The number of anilines is 1. The number of nitrogens with one attached hydrogen (secondary N) is 1. The summed E-state index contributed by atoms with van der Waals surface area (Å²) in [4.78, 5) is 7.03. The predicted octanol–water partition coefficient (Wildman–Crippen LogP) is 6.97. The summed E-state index contributed by atoms with van der Waals surface area (Å²) in [6.45, 7) is 17.3. The van der Waals surface area contributed by atoms with Gasteiger partial charge in [-0.15, -0.1) is 0 Å². The van der Waals surface area contributed by atoms with Crippen LogP contribution >= 0.6 is 0 Å². The molecule has 5 heteroatoms. The van der Waals surface area contributed by atoms with Gasteiger partial charge in [0.1, 0.15) is 11.6 Å². The summed E-state index contributed by atoms with van der Waals surface area (Å²) in [5.41, 5.74) is 11.3. The molecule has 1 heterocycles. The lowest BCUT2D eigenvalue weighted by Crippen LogP contribution is -2.35. The van der Waals surface area contributed by atoms with Crippen molar-refractivity contribution in [2.75, 3.05) is 25.4 Å². The number of aromatic nitrogens is 1. The number of nitrogen functional groups attached to an aromatic ring is 1. The minimum absolute atomic E-state index is 0.148. The number of hydrogen-bond donors (Lipinski definition) is 3. The molecule has 0 saturated heterocycles. The normalized spacial score (nSPS) is 14.7. The van der Waals surface area contributed by atoms with Crippen molar-refractivity contribution in [2.45, 2.75) is 78.2 Å². The Labute approximate surface area is 225 Å². The first-order valence-electron chi connectivity index (χ1n) is 13.9. The number of aliphatic hydroxyl groups excluding tert-OH is 1. The van der Waals surface area contributed by atoms with Crippen LogP contribution < -0.4 is 11.1 Å². The van der Waals surface area contributed by atoms with E-state index in [1.807, 2.05) is 13.0 Å². The van der Waals surface area contributed by atoms with E-state index in [-0.39, 0.29) is 11.8 Å². The van der Waals surface area contributed by atoms with Crippen molar-refractivity contribution in [3.8, 4) is 0 Å². The second-order valence-electron chi connectivity index (χ2n) is 9.74. The van der Waals surface area contributed by atoms with Gasteiger partial charge >= 0.3 is 0 Å². The third kappa shape index (κ3) is 10.8. The lowest BCUT2D eigenvalue weighted by Gasteiger charge is -2.26. The molecule has 0 fully saturated rings. The Morgan fingerprint density at radius 3 is 2.62 bits per heavy atom. The third-order valence-corrected chi connectivity index (χ3v) is 6.65. The fourth-order valence-electron chi connectivity index (χ4n) is 4.60. The zero-order valence-electron chi connectivity index (χ0n) is 23.3. The Kier molecular flexibility index (Phi) is 13.6. The van der Waals surface area contributed by atoms with Crippen LogP contribution in [0.25, 0.3) is 0 Å². The molecule has 0 spiro atoms. The molecule has 0 bridgehead atoms. The van der Waals surface area contributed by atoms with Crippen LogP contribution in [-0.2, 0) is 12.8 Å². The average molecular weight is 505 g/mol. The average Bonchev–Trinajstić information content (AvgIpc) is 2.89. The van der Waals surface area contributed by atoms with Gasteiger partial charge in [-0.3, -0.25) is 0 Å². The number of nitrogens with two attached hydrogens (primary N) is 1. The van der Waals surface area contributed by atoms with Gasteiger partial charge in [0.15, 0.2) is 0 Å². The molecule has 0 aliphatic heterocycles. The molecule has 1 atom stereocenters. The van der Waals surface area contributed by atoms with E-state index in [2.05, 4.69) is 84.7 Å². The molecule has 1 aliphatic carbocycles. The highest BCUT2D eigenvalue weighted by atomic mass is 16.3. The standard InChI is InChI=1S/C32H48N4O/c1-6-14-29(28-15-10-9-11-16-28)24-25(4)34-31(26(5)37)20-23-36(21-7-2)22-13-12-17-30-19-18-27(8-3)32(33)35-30/h6,10,14-16,18-19,24,31,34,37H,4-5,7-9,11-13,17,20-23H2,1-3H3,(H2,33,35)/b14-6-,29-24+. The smallest absolute Gasteiger partial charge is 0.126 e. The van der Waals surface area contributed by atoms with E-state index in [0.717, 1.165) is 93.5 Å². The first kappa shape index (κ1) is 30.2. The number of aliphatic hydroxyl groups is 1. The van der Waals surface area contributed by atoms with Gasteiger partial charge < -0.3 is 21.1 Å². The molecular formula is C32H48N4O. The number of allylic oxidation sites excluding steroid dienone is 8. The lowest BCUT2D eigenvalue weighted by molar-refractivity contribution is 0.245. The van der Waals surface area contributed by atoms with Crippen LogP contribution in [0.15, 0.2) is 84.3 Å². The highest BCUT2D eigenvalue weighted by Gasteiger charge is 2.15. The van der Waals surface area contributed by atoms with Gasteiger partial charge in [0.2, 0.25) is 0 Å². The van der Waals surface area contributed by atoms with Crippen LogP contribution in [0.2, 0.25) is 0 Å². The molecule has 1 unspecified atom stereocenters. The molecule has 202 valence electrons. The number of rotatable bonds is 17. The molecular weight excluding hydrogens is 456 g/mol. The number of aryl methyl sites for hydroxylation is 2. The lowest BCUT2D eigenvalue weighted by atomic mass is 9.98. The largest absolute Gasteiger partial charge is 0.511 e. The zero-order chi connectivity index (χ0) is 27.0. The fourth-order valence-corrected chi connectivity index (χ4v) is 4.60. The molecule has 4 N–H and O–H groups in total. The van der Waals surface area contributed by atoms with E-state index >= 15 is 0 Å². The summed E-state index contributed by atoms with van der Waals surface area (Å²) in [6.07, 6.45) is 20.9. The summed E-state index contributed by atoms with van der Waals surface area (Å²) in [6, 6.07) is 3.96. The van der Waals surface area contributed by atoms with Crippen LogP contribution in [0, 0.1) is 0 Å². The minimum Gasteiger partial charge on any atom is -0.511 e. The predicted molar refractivity (Wildman–Crippen MR) is 159 cm³/mol. The van der Waals surface area contributed by atoms with Crippen molar-refractivity contribution in [1.29, 1.82) is 0 Å². The summed E-state index contributed by atoms with van der Waals surface area (Å²) < 4.78 is 0. The monoisotopic (exact) mass is 504 g/mol. The van der Waals surface area contributed by atoms with Gasteiger partial charge in [0.25, 0.3) is 0 Å². The SMILES string of the molecule is C=C(/C=C(\C=C/C)C1=CCCC=C1)NC(CCN(CCC)CCCCc1ccc(CC)c(N)n1)C(=C)O. The van der Waals surface area contributed by atoms with E-state index in [4.69, 9.17) is 5.73 Å². The quantitative estimate of drug-likeness (QED) is 0.121. The van der Waals surface area contributed by atoms with E-state index in [0.29, 0.717) is 5.82 Å². The van der Waals surface area contributed by atoms with E-state index in [1.165, 1.54) is 5.57 Å². The molecule has 1 aromatic heterocycles. The molecule has 0 aromatic carbocycles. The Bertz CT molecular complexity index is 1000. The maximum absolute atomic E-state index is 10.3. The van der Waals surface area contributed by atoms with Crippen molar-refractivity contribution >= 4 is 5.82 Å². The summed E-state index contributed by atoms with van der Waals surface area (Å²) >= 11 is 0. The van der Waals surface area contributed by atoms with Gasteiger partial charge in [0.05, 0.1) is 6.04 Å². The molecule has 1 aliphatic rings. The fraction of sp³-hybridized carbons (Fsp3) is 0.469. The molecule has 0 saturated carbocycles. The Hall–Kier alpha value is -3.05. The van der Waals surface area contributed by atoms with E-state index in [1.54, 1.807) is 0 Å². The van der Waals surface area contributed by atoms with Crippen LogP contribution in [-0.4, -0.2) is 40.7 Å². The molecule has 2 rings (SSSR count). The first-order chi connectivity index (χ1) is 17.9. The van der Waals surface area contributed by atoms with E-state index in [9.17, 15) is 5.11 Å². The van der Waals surface area contributed by atoms with Crippen molar-refractivity contribution in [1.82, 2.24) is 15.2 Å². The van der Waals surface area contributed by atoms with Gasteiger partial charge in [0, 0.05) is 17.9 Å². The number of pyridine rings is 1. The topological polar surface area (TPSA) is 74.4 Å². The number of hydrogen-bond acceptors (Lipinski definition) is 5. The van der Waals surface area contributed by atoms with Crippen molar-refractivity contribution in [3.63, 3.8) is 0 Å². The molecule has 37 heavy (non-hydrogen) atoms. The van der Waals surface area contributed by atoms with Crippen LogP contribution in [0.1, 0.15) is 70.6 Å².